The van der Waals surface area contributed by atoms with E-state index in [1.54, 1.807) is 6.20 Å². The van der Waals surface area contributed by atoms with Gasteiger partial charge in [-0.25, -0.2) is 9.67 Å². The summed E-state index contributed by atoms with van der Waals surface area (Å²) in [4.78, 5) is 20.8. The largest absolute Gasteiger partial charge is 0.356 e. The highest BCUT2D eigenvalue weighted by Crippen LogP contribution is 2.30. The Bertz CT molecular complexity index is 906. The van der Waals surface area contributed by atoms with E-state index in [2.05, 4.69) is 36.3 Å². The van der Waals surface area contributed by atoms with E-state index in [-0.39, 0.29) is 12.1 Å². The van der Waals surface area contributed by atoms with Crippen molar-refractivity contribution >= 4 is 38.6 Å². The SMILES string of the molecule is O=C(Nc1cnccn1)c1nn(C2CCCCO2)c2ccc(Br)cc12. The van der Waals surface area contributed by atoms with Crippen LogP contribution in [0.4, 0.5) is 5.82 Å². The maximum Gasteiger partial charge on any atom is 0.278 e. The summed E-state index contributed by atoms with van der Waals surface area (Å²) >= 11 is 3.47. The lowest BCUT2D eigenvalue weighted by atomic mass is 10.1. The lowest BCUT2D eigenvalue weighted by molar-refractivity contribution is -0.0367. The number of fused-ring (bicyclic) bond motifs is 1. The summed E-state index contributed by atoms with van der Waals surface area (Å²) < 4.78 is 8.55. The van der Waals surface area contributed by atoms with Crippen molar-refractivity contribution in [2.45, 2.75) is 25.5 Å². The Kier molecular flexibility index (Phi) is 4.46. The van der Waals surface area contributed by atoms with Gasteiger partial charge in [0.15, 0.2) is 17.7 Å². The minimum atomic E-state index is -0.321. The van der Waals surface area contributed by atoms with E-state index < -0.39 is 0 Å². The highest BCUT2D eigenvalue weighted by Gasteiger charge is 2.24. The average molecular weight is 402 g/mol. The fraction of sp³-hybridized carbons (Fsp3) is 0.294. The highest BCUT2D eigenvalue weighted by atomic mass is 79.9. The van der Waals surface area contributed by atoms with Crippen molar-refractivity contribution in [2.75, 3.05) is 11.9 Å². The number of ether oxygens (including phenoxy) is 1. The molecule has 128 valence electrons. The van der Waals surface area contributed by atoms with Gasteiger partial charge in [-0.05, 0) is 37.5 Å². The first-order valence-electron chi connectivity index (χ1n) is 8.09. The molecule has 1 unspecified atom stereocenters. The molecule has 1 aliphatic rings. The quantitative estimate of drug-likeness (QED) is 0.725. The van der Waals surface area contributed by atoms with Gasteiger partial charge < -0.3 is 10.1 Å². The van der Waals surface area contributed by atoms with Gasteiger partial charge in [0.05, 0.1) is 11.7 Å². The molecule has 0 radical (unpaired) electrons. The summed E-state index contributed by atoms with van der Waals surface area (Å²) in [6, 6.07) is 5.78. The zero-order valence-electron chi connectivity index (χ0n) is 13.4. The van der Waals surface area contributed by atoms with E-state index in [0.29, 0.717) is 18.1 Å². The van der Waals surface area contributed by atoms with Crippen LogP contribution in [0.2, 0.25) is 0 Å². The predicted molar refractivity (Wildman–Crippen MR) is 96.3 cm³/mol. The molecular weight excluding hydrogens is 386 g/mol. The molecule has 7 nitrogen and oxygen atoms in total. The van der Waals surface area contributed by atoms with Crippen LogP contribution >= 0.6 is 15.9 Å². The molecule has 4 rings (SSSR count). The molecule has 1 N–H and O–H groups in total. The summed E-state index contributed by atoms with van der Waals surface area (Å²) in [6.45, 7) is 0.712. The van der Waals surface area contributed by atoms with E-state index in [9.17, 15) is 4.79 Å². The third kappa shape index (κ3) is 3.27. The minimum Gasteiger partial charge on any atom is -0.356 e. The predicted octanol–water partition coefficient (Wildman–Crippen LogP) is 3.54. The number of carbonyl (C=O) groups is 1. The maximum absolute atomic E-state index is 12.7. The average Bonchev–Trinajstić information content (AvgIpc) is 3.02. The van der Waals surface area contributed by atoms with Crippen LogP contribution in [0.15, 0.2) is 41.3 Å². The number of rotatable bonds is 3. The molecule has 8 heteroatoms. The van der Waals surface area contributed by atoms with Crippen molar-refractivity contribution in [2.24, 2.45) is 0 Å². The number of anilines is 1. The lowest BCUT2D eigenvalue weighted by Crippen LogP contribution is -2.20. The van der Waals surface area contributed by atoms with Crippen molar-refractivity contribution in [1.82, 2.24) is 19.7 Å². The topological polar surface area (TPSA) is 81.9 Å². The zero-order chi connectivity index (χ0) is 17.2. The molecule has 3 aromatic rings. The second kappa shape index (κ2) is 6.89. The van der Waals surface area contributed by atoms with Crippen molar-refractivity contribution in [3.05, 3.63) is 47.0 Å². The van der Waals surface area contributed by atoms with E-state index in [1.165, 1.54) is 12.4 Å². The van der Waals surface area contributed by atoms with E-state index >= 15 is 0 Å². The van der Waals surface area contributed by atoms with Gasteiger partial charge in [0.25, 0.3) is 5.91 Å². The molecule has 1 fully saturated rings. The first-order valence-corrected chi connectivity index (χ1v) is 8.88. The van der Waals surface area contributed by atoms with Crippen LogP contribution in [0.1, 0.15) is 36.0 Å². The van der Waals surface area contributed by atoms with Crippen LogP contribution in [0.5, 0.6) is 0 Å². The maximum atomic E-state index is 12.7. The number of hydrogen-bond acceptors (Lipinski definition) is 5. The molecule has 0 spiro atoms. The number of hydrogen-bond donors (Lipinski definition) is 1. The van der Waals surface area contributed by atoms with Crippen molar-refractivity contribution in [3.8, 4) is 0 Å². The molecule has 1 atom stereocenters. The second-order valence-corrected chi connectivity index (χ2v) is 6.74. The number of nitrogens with zero attached hydrogens (tertiary/aromatic N) is 4. The minimum absolute atomic E-state index is 0.143. The molecule has 0 aliphatic carbocycles. The standard InChI is InChI=1S/C17H16BrN5O2/c18-11-4-5-13-12(9-11)16(17(24)21-14-10-19-6-7-20-14)22-23(13)15-3-1-2-8-25-15/h4-7,9-10,15H,1-3,8H2,(H,20,21,24). The Morgan fingerprint density at radius 1 is 1.32 bits per heavy atom. The smallest absolute Gasteiger partial charge is 0.278 e. The third-order valence-electron chi connectivity index (χ3n) is 4.12. The Morgan fingerprint density at radius 3 is 3.00 bits per heavy atom. The fourth-order valence-corrected chi connectivity index (χ4v) is 3.32. The summed E-state index contributed by atoms with van der Waals surface area (Å²) in [5.41, 5.74) is 1.22. The number of benzene rings is 1. The summed E-state index contributed by atoms with van der Waals surface area (Å²) in [7, 11) is 0. The van der Waals surface area contributed by atoms with Crippen LogP contribution in [-0.4, -0.2) is 32.3 Å². The lowest BCUT2D eigenvalue weighted by Gasteiger charge is -2.23. The highest BCUT2D eigenvalue weighted by molar-refractivity contribution is 9.10. The molecular formula is C17H16BrN5O2. The monoisotopic (exact) mass is 401 g/mol. The Labute approximate surface area is 152 Å². The Morgan fingerprint density at radius 2 is 2.24 bits per heavy atom. The molecule has 0 bridgehead atoms. The molecule has 1 aromatic carbocycles. The molecule has 1 amide bonds. The van der Waals surface area contributed by atoms with Gasteiger partial charge in [-0.1, -0.05) is 15.9 Å². The Balaban J connectivity index is 1.74. The van der Waals surface area contributed by atoms with Crippen LogP contribution in [0.3, 0.4) is 0 Å². The number of nitrogens with one attached hydrogen (secondary N) is 1. The summed E-state index contributed by atoms with van der Waals surface area (Å²) in [6.07, 6.45) is 7.46. The summed E-state index contributed by atoms with van der Waals surface area (Å²) in [5, 5.41) is 8.07. The first kappa shape index (κ1) is 16.2. The van der Waals surface area contributed by atoms with Crippen LogP contribution < -0.4 is 5.32 Å². The van der Waals surface area contributed by atoms with Crippen LogP contribution in [-0.2, 0) is 4.74 Å². The van der Waals surface area contributed by atoms with Gasteiger partial charge in [0, 0.05) is 28.9 Å². The number of amides is 1. The second-order valence-electron chi connectivity index (χ2n) is 5.82. The normalized spacial score (nSPS) is 17.6. The van der Waals surface area contributed by atoms with Gasteiger partial charge >= 0.3 is 0 Å². The van der Waals surface area contributed by atoms with Gasteiger partial charge in [-0.15, -0.1) is 0 Å². The van der Waals surface area contributed by atoms with Crippen molar-refractivity contribution in [1.29, 1.82) is 0 Å². The van der Waals surface area contributed by atoms with Crippen molar-refractivity contribution < 1.29 is 9.53 Å². The molecule has 25 heavy (non-hydrogen) atoms. The molecule has 0 saturated carbocycles. The summed E-state index contributed by atoms with van der Waals surface area (Å²) in [5.74, 6) is 0.0669. The molecule has 1 saturated heterocycles. The van der Waals surface area contributed by atoms with E-state index in [4.69, 9.17) is 4.74 Å². The van der Waals surface area contributed by atoms with E-state index in [0.717, 1.165) is 34.6 Å². The van der Waals surface area contributed by atoms with Gasteiger partial charge in [-0.2, -0.15) is 5.10 Å². The van der Waals surface area contributed by atoms with Crippen molar-refractivity contribution in [3.63, 3.8) is 0 Å². The van der Waals surface area contributed by atoms with Gasteiger partial charge in [0.1, 0.15) is 0 Å². The number of aromatic nitrogens is 4. The number of halogens is 1. The fourth-order valence-electron chi connectivity index (χ4n) is 2.96. The van der Waals surface area contributed by atoms with Gasteiger partial charge in [0.2, 0.25) is 0 Å². The van der Waals surface area contributed by atoms with Gasteiger partial charge in [-0.3, -0.25) is 9.78 Å². The molecule has 3 heterocycles. The van der Waals surface area contributed by atoms with Crippen LogP contribution in [0, 0.1) is 0 Å². The van der Waals surface area contributed by atoms with Crippen LogP contribution in [0.25, 0.3) is 10.9 Å². The number of carbonyl (C=O) groups excluding carboxylic acids is 1. The first-order chi connectivity index (χ1) is 12.2. The zero-order valence-corrected chi connectivity index (χ0v) is 14.9. The molecule has 1 aliphatic heterocycles. The van der Waals surface area contributed by atoms with E-state index in [1.807, 2.05) is 22.9 Å². The molecule has 2 aromatic heterocycles. The third-order valence-corrected chi connectivity index (χ3v) is 4.61. The Hall–Kier alpha value is -2.32.